The van der Waals surface area contributed by atoms with E-state index < -0.39 is 24.3 Å². The van der Waals surface area contributed by atoms with Gasteiger partial charge in [-0.1, -0.05) is 57.2 Å². The van der Waals surface area contributed by atoms with Gasteiger partial charge in [-0.25, -0.2) is 13.2 Å². The number of ether oxygens (including phenoxy) is 2. The lowest BCUT2D eigenvalue weighted by atomic mass is 10.0. The van der Waals surface area contributed by atoms with Crippen molar-refractivity contribution in [2.45, 2.75) is 50.2 Å². The molecule has 0 atom stereocenters. The van der Waals surface area contributed by atoms with Gasteiger partial charge in [-0.2, -0.15) is 0 Å². The molecule has 37 heavy (non-hydrogen) atoms. The lowest BCUT2D eigenvalue weighted by molar-refractivity contribution is 0.0601. The van der Waals surface area contributed by atoms with E-state index in [1.54, 1.807) is 24.3 Å². The van der Waals surface area contributed by atoms with Crippen LogP contribution < -0.4 is 13.9 Å². The van der Waals surface area contributed by atoms with E-state index >= 15 is 0 Å². The number of para-hydroxylation sites is 1. The van der Waals surface area contributed by atoms with E-state index in [-0.39, 0.29) is 26.9 Å². The fourth-order valence-corrected chi connectivity index (χ4v) is 5.86. The lowest BCUT2D eigenvalue weighted by Gasteiger charge is -2.37. The average Bonchev–Trinajstić information content (AvgIpc) is 2.84. The molecule has 0 bridgehead atoms. The molecule has 0 aliphatic heterocycles. The van der Waals surface area contributed by atoms with Crippen molar-refractivity contribution in [1.82, 2.24) is 0 Å². The zero-order chi connectivity index (χ0) is 27.4. The maximum Gasteiger partial charge on any atom is 0.340 e. The molecule has 0 aliphatic rings. The fourth-order valence-electron chi connectivity index (χ4n) is 3.52. The van der Waals surface area contributed by atoms with Crippen molar-refractivity contribution in [1.29, 1.82) is 0 Å². The number of hydrogen-bond acceptors (Lipinski definition) is 6. The number of benzene rings is 3. The first-order valence-electron chi connectivity index (χ1n) is 11.9. The molecule has 0 aromatic heterocycles. The van der Waals surface area contributed by atoms with Crippen LogP contribution in [0.15, 0.2) is 71.6 Å². The van der Waals surface area contributed by atoms with Gasteiger partial charge in [-0.3, -0.25) is 4.72 Å². The summed E-state index contributed by atoms with van der Waals surface area (Å²) in [5.74, 6) is 0.163. The topological polar surface area (TPSA) is 90.9 Å². The minimum atomic E-state index is -4.14. The van der Waals surface area contributed by atoms with Crippen molar-refractivity contribution in [3.05, 3.63) is 83.4 Å². The van der Waals surface area contributed by atoms with Gasteiger partial charge in [0.25, 0.3) is 18.3 Å². The third kappa shape index (κ3) is 6.53. The molecule has 0 unspecified atom stereocenters. The molecular weight excluding hydrogens is 506 g/mol. The summed E-state index contributed by atoms with van der Waals surface area (Å²) in [4.78, 5) is 12.7. The van der Waals surface area contributed by atoms with Gasteiger partial charge in [-0.15, -0.1) is 0 Å². The van der Waals surface area contributed by atoms with Gasteiger partial charge in [0, 0.05) is 0 Å². The molecule has 0 heterocycles. The number of methoxy groups -OCH3 is 2. The number of rotatable bonds is 9. The van der Waals surface area contributed by atoms with E-state index in [9.17, 15) is 13.2 Å². The van der Waals surface area contributed by atoms with Crippen LogP contribution in [0.5, 0.6) is 11.5 Å². The summed E-state index contributed by atoms with van der Waals surface area (Å²) in [6.07, 6.45) is 0.375. The molecule has 0 aliphatic carbocycles. The molecule has 3 aromatic carbocycles. The van der Waals surface area contributed by atoms with E-state index in [2.05, 4.69) is 38.6 Å². The first kappa shape index (κ1) is 28.3. The molecular formula is C28H35NO6SSi. The zero-order valence-corrected chi connectivity index (χ0v) is 24.2. The Bertz CT molecular complexity index is 1370. The number of nitrogens with one attached hydrogen (secondary N) is 1. The molecule has 0 amide bonds. The Hall–Kier alpha value is -3.30. The first-order chi connectivity index (χ1) is 17.3. The van der Waals surface area contributed by atoms with Gasteiger partial charge < -0.3 is 13.9 Å². The van der Waals surface area contributed by atoms with E-state index in [4.69, 9.17) is 13.9 Å². The van der Waals surface area contributed by atoms with Crippen molar-refractivity contribution in [2.75, 3.05) is 18.9 Å². The summed E-state index contributed by atoms with van der Waals surface area (Å²) in [6.45, 7) is 10.4. The second-order valence-corrected chi connectivity index (χ2v) is 16.6. The molecule has 1 N–H and O–H groups in total. The fraction of sp³-hybridized carbons (Fsp3) is 0.321. The lowest BCUT2D eigenvalue weighted by Crippen LogP contribution is -2.44. The average molecular weight is 542 g/mol. The van der Waals surface area contributed by atoms with E-state index in [0.29, 0.717) is 17.7 Å². The van der Waals surface area contributed by atoms with Crippen molar-refractivity contribution in [3.63, 3.8) is 0 Å². The van der Waals surface area contributed by atoms with Crippen molar-refractivity contribution >= 4 is 30.0 Å². The Morgan fingerprint density at radius 2 is 1.62 bits per heavy atom. The van der Waals surface area contributed by atoms with Crippen molar-refractivity contribution in [3.8, 4) is 11.5 Å². The summed E-state index contributed by atoms with van der Waals surface area (Å²) < 4.78 is 47.1. The second kappa shape index (κ2) is 11.0. The summed E-state index contributed by atoms with van der Waals surface area (Å²) in [6, 6.07) is 19.2. The molecule has 198 valence electrons. The highest BCUT2D eigenvalue weighted by molar-refractivity contribution is 7.92. The maximum absolute atomic E-state index is 13.8. The summed E-state index contributed by atoms with van der Waals surface area (Å²) >= 11 is 0. The summed E-state index contributed by atoms with van der Waals surface area (Å²) in [7, 11) is -3.74. The van der Waals surface area contributed by atoms with Gasteiger partial charge >= 0.3 is 5.97 Å². The molecule has 0 radical (unpaired) electrons. The number of carbonyl (C=O) groups is 1. The molecule has 0 spiro atoms. The Kier molecular flexibility index (Phi) is 8.39. The van der Waals surface area contributed by atoms with Crippen LogP contribution in [-0.4, -0.2) is 36.9 Å². The summed E-state index contributed by atoms with van der Waals surface area (Å²) in [5, 5.41) is -0.150. The van der Waals surface area contributed by atoms with Crippen LogP contribution in [0.4, 0.5) is 5.69 Å². The number of anilines is 1. The first-order valence-corrected chi connectivity index (χ1v) is 16.3. The van der Waals surface area contributed by atoms with E-state index in [1.807, 2.05) is 30.3 Å². The highest BCUT2D eigenvalue weighted by Crippen LogP contribution is 2.41. The minimum absolute atomic E-state index is 0.0562. The molecule has 0 saturated carbocycles. The monoisotopic (exact) mass is 541 g/mol. The largest absolute Gasteiger partial charge is 0.542 e. The highest BCUT2D eigenvalue weighted by atomic mass is 32.2. The van der Waals surface area contributed by atoms with Crippen LogP contribution in [0, 0.1) is 0 Å². The Morgan fingerprint density at radius 3 is 2.22 bits per heavy atom. The third-order valence-electron chi connectivity index (χ3n) is 6.63. The van der Waals surface area contributed by atoms with Crippen molar-refractivity contribution in [2.24, 2.45) is 0 Å². The van der Waals surface area contributed by atoms with Gasteiger partial charge in [0.1, 0.15) is 17.2 Å². The van der Waals surface area contributed by atoms with Crippen LogP contribution in [0.1, 0.15) is 42.3 Å². The quantitative estimate of drug-likeness (QED) is 0.254. The predicted molar refractivity (Wildman–Crippen MR) is 149 cm³/mol. The smallest absolute Gasteiger partial charge is 0.340 e. The third-order valence-corrected chi connectivity index (χ3v) is 12.4. The van der Waals surface area contributed by atoms with Gasteiger partial charge in [0.2, 0.25) is 0 Å². The van der Waals surface area contributed by atoms with Crippen LogP contribution in [-0.2, 0) is 21.2 Å². The van der Waals surface area contributed by atoms with Gasteiger partial charge in [0.15, 0.2) is 0 Å². The number of hydrogen-bond donors (Lipinski definition) is 1. The van der Waals surface area contributed by atoms with Crippen molar-refractivity contribution < 1.29 is 27.1 Å². The molecule has 7 nitrogen and oxygen atoms in total. The predicted octanol–water partition coefficient (Wildman–Crippen LogP) is 6.26. The highest BCUT2D eigenvalue weighted by Gasteiger charge is 2.40. The molecule has 0 saturated heterocycles. The summed E-state index contributed by atoms with van der Waals surface area (Å²) in [5.41, 5.74) is 1.63. The molecule has 9 heteroatoms. The van der Waals surface area contributed by atoms with E-state index in [1.165, 1.54) is 26.4 Å². The standard InChI is InChI=1S/C28H35NO6SSi/c1-28(2,3)37(6,7)35-24-15-11-14-23(27(30)34-5)26(24)29-36(31,32)25-17-16-22(33-4)19-21(25)18-20-12-9-8-10-13-20/h8-17,19,29H,18H2,1-7H3. The van der Waals surface area contributed by atoms with Gasteiger partial charge in [0.05, 0.1) is 24.7 Å². The maximum atomic E-state index is 13.8. The number of esters is 1. The number of carbonyl (C=O) groups excluding carboxylic acids is 1. The van der Waals surface area contributed by atoms with E-state index in [0.717, 1.165) is 5.56 Å². The normalized spacial score (nSPS) is 12.1. The Morgan fingerprint density at radius 1 is 0.946 bits per heavy atom. The molecule has 0 fully saturated rings. The minimum Gasteiger partial charge on any atom is -0.542 e. The van der Waals surface area contributed by atoms with Gasteiger partial charge in [-0.05, 0) is 66.0 Å². The zero-order valence-electron chi connectivity index (χ0n) is 22.4. The van der Waals surface area contributed by atoms with Crippen LogP contribution >= 0.6 is 0 Å². The van der Waals surface area contributed by atoms with Crippen LogP contribution in [0.3, 0.4) is 0 Å². The Labute approximate surface area is 221 Å². The van der Waals surface area contributed by atoms with Crippen LogP contribution in [0.2, 0.25) is 18.1 Å². The second-order valence-electron chi connectivity index (χ2n) is 10.3. The molecule has 3 aromatic rings. The Balaban J connectivity index is 2.13. The van der Waals surface area contributed by atoms with Crippen LogP contribution in [0.25, 0.3) is 0 Å². The molecule has 3 rings (SSSR count). The SMILES string of the molecule is COC(=O)c1cccc(O[Si](C)(C)C(C)(C)C)c1NS(=O)(=O)c1ccc(OC)cc1Cc1ccccc1. The number of sulfonamides is 1.